The van der Waals surface area contributed by atoms with Gasteiger partial charge in [-0.15, -0.1) is 0 Å². The molecule has 0 atom stereocenters. The predicted octanol–water partition coefficient (Wildman–Crippen LogP) is 3.31. The van der Waals surface area contributed by atoms with E-state index in [-0.39, 0.29) is 11.4 Å². The molecule has 0 saturated carbocycles. The smallest absolute Gasteiger partial charge is 0.337 e. The molecular weight excluding hydrogens is 297 g/mol. The Morgan fingerprint density at radius 2 is 2.09 bits per heavy atom. The minimum atomic E-state index is -4.41. The second-order valence-electron chi connectivity index (χ2n) is 4.69. The third-order valence-corrected chi connectivity index (χ3v) is 3.15. The van der Waals surface area contributed by atoms with E-state index in [0.717, 1.165) is 18.0 Å². The maximum absolute atomic E-state index is 12.7. The zero-order chi connectivity index (χ0) is 15.7. The summed E-state index contributed by atoms with van der Waals surface area (Å²) < 4.78 is 45.0. The van der Waals surface area contributed by atoms with E-state index in [2.05, 4.69) is 15.1 Å². The highest BCUT2D eigenvalue weighted by Crippen LogP contribution is 2.31. The average molecular weight is 308 g/mol. The zero-order valence-corrected chi connectivity index (χ0v) is 11.5. The van der Waals surface area contributed by atoms with Crippen LogP contribution in [-0.2, 0) is 12.7 Å². The molecule has 3 aromatic rings. The topological polar surface area (TPSA) is 56.7 Å². The lowest BCUT2D eigenvalue weighted by atomic mass is 10.1. The van der Waals surface area contributed by atoms with Gasteiger partial charge in [0, 0.05) is 18.0 Å². The molecule has 0 amide bonds. The van der Waals surface area contributed by atoms with E-state index in [9.17, 15) is 13.2 Å². The van der Waals surface area contributed by atoms with Gasteiger partial charge in [0.1, 0.15) is 12.4 Å². The Kier molecular flexibility index (Phi) is 3.44. The number of aromatic nitrogens is 4. The molecule has 0 saturated heterocycles. The molecule has 1 aromatic carbocycles. The van der Waals surface area contributed by atoms with Gasteiger partial charge < -0.3 is 9.09 Å². The van der Waals surface area contributed by atoms with Crippen molar-refractivity contribution in [3.63, 3.8) is 0 Å². The molecule has 0 aliphatic carbocycles. The van der Waals surface area contributed by atoms with Crippen molar-refractivity contribution in [2.45, 2.75) is 19.6 Å². The number of hydrogen-bond donors (Lipinski definition) is 0. The van der Waals surface area contributed by atoms with E-state index in [0.29, 0.717) is 12.4 Å². The summed E-state index contributed by atoms with van der Waals surface area (Å²) in [5.41, 5.74) is -0.492. The van der Waals surface area contributed by atoms with Gasteiger partial charge in [-0.3, -0.25) is 0 Å². The largest absolute Gasteiger partial charge is 0.416 e. The Balaban J connectivity index is 1.86. The molecular formula is C14H11F3N4O. The molecule has 2 heterocycles. The Morgan fingerprint density at radius 1 is 1.27 bits per heavy atom. The Labute approximate surface area is 123 Å². The highest BCUT2D eigenvalue weighted by atomic mass is 19.4. The quantitative estimate of drug-likeness (QED) is 0.745. The molecule has 3 rings (SSSR count). The van der Waals surface area contributed by atoms with Crippen LogP contribution in [0.2, 0.25) is 0 Å². The van der Waals surface area contributed by atoms with Gasteiger partial charge in [-0.25, -0.2) is 4.98 Å². The number of imidazole rings is 1. The number of benzene rings is 1. The normalized spacial score (nSPS) is 11.8. The lowest BCUT2D eigenvalue weighted by Gasteiger charge is -2.06. The van der Waals surface area contributed by atoms with Crippen LogP contribution in [0.4, 0.5) is 13.2 Å². The first-order valence-electron chi connectivity index (χ1n) is 6.41. The number of hydrogen-bond acceptors (Lipinski definition) is 4. The molecule has 2 aromatic heterocycles. The van der Waals surface area contributed by atoms with Crippen molar-refractivity contribution in [3.8, 4) is 11.4 Å². The SMILES string of the molecule is Cc1nccn1Cc1nc(-c2cccc(C(F)(F)F)c2)no1. The molecule has 0 bridgehead atoms. The number of aryl methyl sites for hydroxylation is 1. The molecule has 0 aliphatic heterocycles. The molecule has 0 spiro atoms. The maximum atomic E-state index is 12.7. The van der Waals surface area contributed by atoms with E-state index in [1.807, 2.05) is 6.92 Å². The van der Waals surface area contributed by atoms with Crippen LogP contribution in [-0.4, -0.2) is 19.7 Å². The third kappa shape index (κ3) is 2.85. The van der Waals surface area contributed by atoms with E-state index >= 15 is 0 Å². The van der Waals surface area contributed by atoms with Crippen LogP contribution >= 0.6 is 0 Å². The van der Waals surface area contributed by atoms with Crippen LogP contribution in [0.25, 0.3) is 11.4 Å². The van der Waals surface area contributed by atoms with Crippen LogP contribution < -0.4 is 0 Å². The number of nitrogens with zero attached hydrogens (tertiary/aromatic N) is 4. The first kappa shape index (κ1) is 14.3. The molecule has 8 heteroatoms. The van der Waals surface area contributed by atoms with Gasteiger partial charge in [-0.05, 0) is 19.1 Å². The summed E-state index contributed by atoms with van der Waals surface area (Å²) in [5, 5.41) is 3.73. The second-order valence-corrected chi connectivity index (χ2v) is 4.69. The van der Waals surface area contributed by atoms with Crippen molar-refractivity contribution in [3.05, 3.63) is 53.9 Å². The first-order chi connectivity index (χ1) is 10.4. The summed E-state index contributed by atoms with van der Waals surface area (Å²) in [6.07, 6.45) is -1.01. The van der Waals surface area contributed by atoms with Crippen molar-refractivity contribution in [1.82, 2.24) is 19.7 Å². The Morgan fingerprint density at radius 3 is 2.77 bits per heavy atom. The van der Waals surface area contributed by atoms with Crippen molar-refractivity contribution in [2.24, 2.45) is 0 Å². The third-order valence-electron chi connectivity index (χ3n) is 3.15. The molecule has 0 N–H and O–H groups in total. The molecule has 5 nitrogen and oxygen atoms in total. The molecule has 0 unspecified atom stereocenters. The van der Waals surface area contributed by atoms with E-state index in [1.54, 1.807) is 17.0 Å². The van der Waals surface area contributed by atoms with Gasteiger partial charge in [0.2, 0.25) is 11.7 Å². The Bertz CT molecular complexity index is 791. The lowest BCUT2D eigenvalue weighted by Crippen LogP contribution is -2.04. The molecule has 22 heavy (non-hydrogen) atoms. The molecule has 114 valence electrons. The van der Waals surface area contributed by atoms with Gasteiger partial charge in [-0.2, -0.15) is 18.2 Å². The van der Waals surface area contributed by atoms with Gasteiger partial charge in [0.05, 0.1) is 5.56 Å². The standard InChI is InChI=1S/C14H11F3N4O/c1-9-18-5-6-21(9)8-12-19-13(20-22-12)10-3-2-4-11(7-10)14(15,16)17/h2-7H,8H2,1H3. The van der Waals surface area contributed by atoms with Crippen LogP contribution in [0.3, 0.4) is 0 Å². The first-order valence-corrected chi connectivity index (χ1v) is 6.41. The lowest BCUT2D eigenvalue weighted by molar-refractivity contribution is -0.137. The minimum Gasteiger partial charge on any atom is -0.337 e. The number of alkyl halides is 3. The van der Waals surface area contributed by atoms with Crippen molar-refractivity contribution < 1.29 is 17.7 Å². The number of rotatable bonds is 3. The van der Waals surface area contributed by atoms with E-state index < -0.39 is 11.7 Å². The fourth-order valence-corrected chi connectivity index (χ4v) is 1.99. The Hall–Kier alpha value is -2.64. The van der Waals surface area contributed by atoms with Gasteiger partial charge in [0.15, 0.2) is 0 Å². The molecule has 0 aliphatic rings. The summed E-state index contributed by atoms with van der Waals surface area (Å²) >= 11 is 0. The van der Waals surface area contributed by atoms with Crippen LogP contribution in [0.15, 0.2) is 41.2 Å². The fraction of sp³-hybridized carbons (Fsp3) is 0.214. The van der Waals surface area contributed by atoms with E-state index in [4.69, 9.17) is 4.52 Å². The molecule has 0 fully saturated rings. The summed E-state index contributed by atoms with van der Waals surface area (Å²) in [4.78, 5) is 8.19. The summed E-state index contributed by atoms with van der Waals surface area (Å²) in [6, 6.07) is 4.82. The number of halogens is 3. The summed E-state index contributed by atoms with van der Waals surface area (Å²) in [5.74, 6) is 1.20. The van der Waals surface area contributed by atoms with Crippen LogP contribution in [0.5, 0.6) is 0 Å². The predicted molar refractivity (Wildman–Crippen MR) is 70.8 cm³/mol. The minimum absolute atomic E-state index is 0.124. The van der Waals surface area contributed by atoms with Gasteiger partial charge in [-0.1, -0.05) is 17.3 Å². The highest BCUT2D eigenvalue weighted by molar-refractivity contribution is 5.55. The van der Waals surface area contributed by atoms with Crippen molar-refractivity contribution in [1.29, 1.82) is 0 Å². The zero-order valence-electron chi connectivity index (χ0n) is 11.5. The maximum Gasteiger partial charge on any atom is 0.416 e. The fourth-order valence-electron chi connectivity index (χ4n) is 1.99. The monoisotopic (exact) mass is 308 g/mol. The second kappa shape index (κ2) is 5.28. The van der Waals surface area contributed by atoms with Gasteiger partial charge >= 0.3 is 6.18 Å². The summed E-state index contributed by atoms with van der Waals surface area (Å²) in [6.45, 7) is 2.14. The van der Waals surface area contributed by atoms with Gasteiger partial charge in [0.25, 0.3) is 0 Å². The van der Waals surface area contributed by atoms with Crippen molar-refractivity contribution in [2.75, 3.05) is 0 Å². The highest BCUT2D eigenvalue weighted by Gasteiger charge is 2.30. The summed E-state index contributed by atoms with van der Waals surface area (Å²) in [7, 11) is 0. The molecule has 0 radical (unpaired) electrons. The van der Waals surface area contributed by atoms with Crippen molar-refractivity contribution >= 4 is 0 Å². The van der Waals surface area contributed by atoms with Crippen LogP contribution in [0, 0.1) is 6.92 Å². The average Bonchev–Trinajstić information content (AvgIpc) is 3.09. The van der Waals surface area contributed by atoms with Crippen LogP contribution in [0.1, 0.15) is 17.3 Å². The van der Waals surface area contributed by atoms with E-state index in [1.165, 1.54) is 12.1 Å².